The van der Waals surface area contributed by atoms with Gasteiger partial charge in [0, 0.05) is 24.0 Å². The highest BCUT2D eigenvalue weighted by Gasteiger charge is 2.37. The molecule has 0 aliphatic carbocycles. The zero-order valence-corrected chi connectivity index (χ0v) is 17.8. The van der Waals surface area contributed by atoms with E-state index in [2.05, 4.69) is 36.7 Å². The average molecular weight is 396 g/mol. The summed E-state index contributed by atoms with van der Waals surface area (Å²) >= 11 is 0. The molecule has 0 unspecified atom stereocenters. The first-order valence-corrected chi connectivity index (χ1v) is 9.51. The van der Waals surface area contributed by atoms with Gasteiger partial charge in [0.05, 0.1) is 0 Å². The molecule has 29 heavy (non-hydrogen) atoms. The SMILES string of the molecule is CC(=O)Nc1cccc(NC(=O)C(C)(C)C(=O)Nc2ccccc2C(C)(C)C)c1. The molecule has 0 saturated heterocycles. The molecule has 0 bridgehead atoms. The number of carbonyl (C=O) groups excluding carboxylic acids is 3. The van der Waals surface area contributed by atoms with Crippen molar-refractivity contribution in [2.24, 2.45) is 5.41 Å². The van der Waals surface area contributed by atoms with E-state index in [4.69, 9.17) is 0 Å². The maximum absolute atomic E-state index is 12.9. The van der Waals surface area contributed by atoms with Gasteiger partial charge in [-0.1, -0.05) is 45.0 Å². The Bertz CT molecular complexity index is 927. The summed E-state index contributed by atoms with van der Waals surface area (Å²) in [5, 5.41) is 8.32. The summed E-state index contributed by atoms with van der Waals surface area (Å²) in [6.45, 7) is 10.8. The third-order valence-electron chi connectivity index (χ3n) is 4.56. The first kappa shape index (κ1) is 22.1. The van der Waals surface area contributed by atoms with Crippen LogP contribution in [0.15, 0.2) is 48.5 Å². The van der Waals surface area contributed by atoms with E-state index < -0.39 is 17.2 Å². The Hall–Kier alpha value is -3.15. The molecule has 0 aliphatic rings. The molecule has 0 saturated carbocycles. The molecular formula is C23H29N3O3. The lowest BCUT2D eigenvalue weighted by Crippen LogP contribution is -2.42. The Morgan fingerprint density at radius 1 is 0.724 bits per heavy atom. The molecule has 0 radical (unpaired) electrons. The highest BCUT2D eigenvalue weighted by atomic mass is 16.2. The Morgan fingerprint density at radius 2 is 1.28 bits per heavy atom. The third kappa shape index (κ3) is 5.67. The van der Waals surface area contributed by atoms with Gasteiger partial charge in [0.25, 0.3) is 0 Å². The first-order valence-electron chi connectivity index (χ1n) is 9.51. The molecule has 0 heterocycles. The maximum Gasteiger partial charge on any atom is 0.239 e. The van der Waals surface area contributed by atoms with Crippen molar-refractivity contribution in [3.8, 4) is 0 Å². The van der Waals surface area contributed by atoms with Crippen molar-refractivity contribution in [1.29, 1.82) is 0 Å². The van der Waals surface area contributed by atoms with Gasteiger partial charge in [0.2, 0.25) is 17.7 Å². The molecule has 154 valence electrons. The first-order chi connectivity index (χ1) is 13.4. The van der Waals surface area contributed by atoms with Crippen LogP contribution < -0.4 is 16.0 Å². The summed E-state index contributed by atoms with van der Waals surface area (Å²) in [4.78, 5) is 37.0. The van der Waals surface area contributed by atoms with Crippen molar-refractivity contribution in [3.05, 3.63) is 54.1 Å². The second-order valence-electron chi connectivity index (χ2n) is 8.59. The number of carbonyl (C=O) groups is 3. The summed E-state index contributed by atoms with van der Waals surface area (Å²) in [6.07, 6.45) is 0. The zero-order valence-electron chi connectivity index (χ0n) is 17.8. The van der Waals surface area contributed by atoms with Crippen LogP contribution in [0, 0.1) is 5.41 Å². The number of nitrogens with one attached hydrogen (secondary N) is 3. The van der Waals surface area contributed by atoms with E-state index >= 15 is 0 Å². The monoisotopic (exact) mass is 395 g/mol. The van der Waals surface area contributed by atoms with Crippen LogP contribution >= 0.6 is 0 Å². The average Bonchev–Trinajstić information content (AvgIpc) is 2.60. The van der Waals surface area contributed by atoms with Crippen molar-refractivity contribution >= 4 is 34.8 Å². The van der Waals surface area contributed by atoms with Gasteiger partial charge in [-0.2, -0.15) is 0 Å². The predicted molar refractivity (Wildman–Crippen MR) is 117 cm³/mol. The van der Waals surface area contributed by atoms with Gasteiger partial charge >= 0.3 is 0 Å². The number of hydrogen-bond donors (Lipinski definition) is 3. The Kier molecular flexibility index (Phi) is 6.47. The summed E-state index contributed by atoms with van der Waals surface area (Å²) in [6, 6.07) is 14.4. The zero-order chi connectivity index (χ0) is 21.8. The number of rotatable bonds is 5. The Labute approximate surface area is 172 Å². The molecular weight excluding hydrogens is 366 g/mol. The van der Waals surface area contributed by atoms with Crippen LogP contribution in [0.2, 0.25) is 0 Å². The van der Waals surface area contributed by atoms with Crippen molar-refractivity contribution in [1.82, 2.24) is 0 Å². The predicted octanol–water partition coefficient (Wildman–Crippen LogP) is 4.55. The molecule has 2 aromatic rings. The number of para-hydroxylation sites is 1. The Balaban J connectivity index is 2.17. The lowest BCUT2D eigenvalue weighted by atomic mass is 9.85. The molecule has 3 amide bonds. The van der Waals surface area contributed by atoms with E-state index in [1.165, 1.54) is 6.92 Å². The minimum atomic E-state index is -1.31. The van der Waals surface area contributed by atoms with Gasteiger partial charge in [-0.3, -0.25) is 14.4 Å². The van der Waals surface area contributed by atoms with Gasteiger partial charge in [0.15, 0.2) is 0 Å². The van der Waals surface area contributed by atoms with E-state index in [0.29, 0.717) is 17.1 Å². The van der Waals surface area contributed by atoms with Gasteiger partial charge in [-0.15, -0.1) is 0 Å². The molecule has 0 aromatic heterocycles. The van der Waals surface area contributed by atoms with Crippen LogP contribution in [0.4, 0.5) is 17.1 Å². The van der Waals surface area contributed by atoms with E-state index in [0.717, 1.165) is 5.56 Å². The summed E-state index contributed by atoms with van der Waals surface area (Å²) < 4.78 is 0. The number of amides is 3. The largest absolute Gasteiger partial charge is 0.326 e. The minimum Gasteiger partial charge on any atom is -0.326 e. The summed E-state index contributed by atoms with van der Waals surface area (Å²) in [5.41, 5.74) is 1.29. The standard InChI is InChI=1S/C23H29N3O3/c1-15(27)24-16-10-9-11-17(14-16)25-20(28)23(5,6)21(29)26-19-13-8-7-12-18(19)22(2,3)4/h7-14H,1-6H3,(H,24,27)(H,25,28)(H,26,29). The number of anilines is 3. The maximum atomic E-state index is 12.9. The van der Waals surface area contributed by atoms with Crippen LogP contribution in [-0.2, 0) is 19.8 Å². The normalized spacial score (nSPS) is 11.5. The van der Waals surface area contributed by atoms with E-state index in [1.807, 2.05) is 24.3 Å². The molecule has 2 aromatic carbocycles. The van der Waals surface area contributed by atoms with Crippen LogP contribution in [0.1, 0.15) is 47.1 Å². The van der Waals surface area contributed by atoms with E-state index in [1.54, 1.807) is 38.1 Å². The van der Waals surface area contributed by atoms with E-state index in [-0.39, 0.29) is 11.3 Å². The van der Waals surface area contributed by atoms with Gasteiger partial charge in [0.1, 0.15) is 5.41 Å². The second-order valence-corrected chi connectivity index (χ2v) is 8.59. The van der Waals surface area contributed by atoms with Gasteiger partial charge in [-0.25, -0.2) is 0 Å². The highest BCUT2D eigenvalue weighted by Crippen LogP contribution is 2.31. The summed E-state index contributed by atoms with van der Waals surface area (Å²) in [7, 11) is 0. The van der Waals surface area contributed by atoms with Crippen molar-refractivity contribution in [3.63, 3.8) is 0 Å². The van der Waals surface area contributed by atoms with Crippen molar-refractivity contribution < 1.29 is 14.4 Å². The smallest absolute Gasteiger partial charge is 0.239 e. The Morgan fingerprint density at radius 3 is 1.86 bits per heavy atom. The number of benzene rings is 2. The van der Waals surface area contributed by atoms with Crippen LogP contribution in [-0.4, -0.2) is 17.7 Å². The number of hydrogen-bond acceptors (Lipinski definition) is 3. The fourth-order valence-electron chi connectivity index (χ4n) is 2.79. The minimum absolute atomic E-state index is 0.152. The van der Waals surface area contributed by atoms with Crippen LogP contribution in [0.5, 0.6) is 0 Å². The molecule has 6 heteroatoms. The molecule has 0 aliphatic heterocycles. The fourth-order valence-corrected chi connectivity index (χ4v) is 2.79. The third-order valence-corrected chi connectivity index (χ3v) is 4.56. The molecule has 2 rings (SSSR count). The molecule has 0 spiro atoms. The second kappa shape index (κ2) is 8.47. The van der Waals surface area contributed by atoms with Crippen molar-refractivity contribution in [2.45, 2.75) is 47.0 Å². The molecule has 0 fully saturated rings. The van der Waals surface area contributed by atoms with Crippen LogP contribution in [0.3, 0.4) is 0 Å². The topological polar surface area (TPSA) is 87.3 Å². The molecule has 6 nitrogen and oxygen atoms in total. The fraction of sp³-hybridized carbons (Fsp3) is 0.348. The van der Waals surface area contributed by atoms with Crippen LogP contribution in [0.25, 0.3) is 0 Å². The highest BCUT2D eigenvalue weighted by molar-refractivity contribution is 6.14. The lowest BCUT2D eigenvalue weighted by Gasteiger charge is -2.26. The molecule has 0 atom stereocenters. The van der Waals surface area contributed by atoms with Gasteiger partial charge in [-0.05, 0) is 49.1 Å². The quantitative estimate of drug-likeness (QED) is 0.649. The van der Waals surface area contributed by atoms with E-state index in [9.17, 15) is 14.4 Å². The molecule has 3 N–H and O–H groups in total. The lowest BCUT2D eigenvalue weighted by molar-refractivity contribution is -0.135. The van der Waals surface area contributed by atoms with Gasteiger partial charge < -0.3 is 16.0 Å². The van der Waals surface area contributed by atoms with Crippen molar-refractivity contribution in [2.75, 3.05) is 16.0 Å². The summed E-state index contributed by atoms with van der Waals surface area (Å²) in [5.74, 6) is -1.04.